The van der Waals surface area contributed by atoms with Crippen molar-refractivity contribution in [2.24, 2.45) is 5.92 Å². The lowest BCUT2D eigenvalue weighted by molar-refractivity contribution is -0.147. The van der Waals surface area contributed by atoms with Gasteiger partial charge in [0.25, 0.3) is 5.91 Å². The average molecular weight is 393 g/mol. The van der Waals surface area contributed by atoms with Crippen molar-refractivity contribution in [3.63, 3.8) is 0 Å². The van der Waals surface area contributed by atoms with Gasteiger partial charge in [0.05, 0.1) is 18.2 Å². The zero-order valence-electron chi connectivity index (χ0n) is 15.3. The number of hydrogen-bond acceptors (Lipinski definition) is 6. The quantitative estimate of drug-likeness (QED) is 0.575. The first-order chi connectivity index (χ1) is 12.9. The van der Waals surface area contributed by atoms with Gasteiger partial charge in [-0.15, -0.1) is 0 Å². The second-order valence-corrected chi connectivity index (χ2v) is 6.43. The Morgan fingerprint density at radius 1 is 1.26 bits per heavy atom. The summed E-state index contributed by atoms with van der Waals surface area (Å²) in [7, 11) is 1.25. The van der Waals surface area contributed by atoms with Crippen LogP contribution in [0.5, 0.6) is 0 Å². The van der Waals surface area contributed by atoms with E-state index in [4.69, 9.17) is 21.1 Å². The monoisotopic (exact) mass is 392 g/mol. The summed E-state index contributed by atoms with van der Waals surface area (Å²) in [6, 6.07) is 7.55. The second-order valence-electron chi connectivity index (χ2n) is 6.04. The predicted octanol–water partition coefficient (Wildman–Crippen LogP) is 2.75. The lowest BCUT2D eigenvalue weighted by Crippen LogP contribution is -2.47. The van der Waals surface area contributed by atoms with Gasteiger partial charge in [0.15, 0.2) is 6.61 Å². The number of nitrogens with one attached hydrogen (secondary N) is 1. The average Bonchev–Trinajstić information content (AvgIpc) is 2.68. The fourth-order valence-electron chi connectivity index (χ4n) is 2.53. The molecule has 0 spiro atoms. The Morgan fingerprint density at radius 3 is 2.63 bits per heavy atom. The van der Waals surface area contributed by atoms with Gasteiger partial charge in [0.2, 0.25) is 0 Å². The highest BCUT2D eigenvalue weighted by Gasteiger charge is 2.27. The molecule has 0 aliphatic carbocycles. The molecule has 144 valence electrons. The normalized spacial score (nSPS) is 12.9. The standard InChI is InChI=1S/C19H21ClN2O5/c1-4-11(2)17(19(25)26-3)22-16(23)10-27-18(24)13-9-15(20)21-14-8-6-5-7-12(13)14/h5-9,11,17H,4,10H2,1-3H3,(H,22,23)/t11-,17-/m1/s1. The van der Waals surface area contributed by atoms with Crippen LogP contribution in [-0.2, 0) is 19.1 Å². The number of halogens is 1. The third-order valence-electron chi connectivity index (χ3n) is 4.22. The number of rotatable bonds is 7. The van der Waals surface area contributed by atoms with Gasteiger partial charge in [-0.2, -0.15) is 0 Å². The molecule has 0 bridgehead atoms. The maximum Gasteiger partial charge on any atom is 0.339 e. The number of methoxy groups -OCH3 is 1. The minimum absolute atomic E-state index is 0.125. The van der Waals surface area contributed by atoms with Crippen LogP contribution >= 0.6 is 11.6 Å². The van der Waals surface area contributed by atoms with E-state index in [1.807, 2.05) is 13.8 Å². The zero-order valence-corrected chi connectivity index (χ0v) is 16.1. The number of hydrogen-bond donors (Lipinski definition) is 1. The van der Waals surface area contributed by atoms with Crippen LogP contribution in [0.2, 0.25) is 5.15 Å². The molecule has 0 saturated carbocycles. The Morgan fingerprint density at radius 2 is 1.96 bits per heavy atom. The molecule has 1 N–H and O–H groups in total. The summed E-state index contributed by atoms with van der Waals surface area (Å²) >= 11 is 5.95. The van der Waals surface area contributed by atoms with Gasteiger partial charge in [0.1, 0.15) is 11.2 Å². The van der Waals surface area contributed by atoms with Crippen LogP contribution in [-0.4, -0.2) is 42.6 Å². The van der Waals surface area contributed by atoms with Gasteiger partial charge in [-0.25, -0.2) is 14.6 Å². The first-order valence-corrected chi connectivity index (χ1v) is 8.84. The molecule has 27 heavy (non-hydrogen) atoms. The Hall–Kier alpha value is -2.67. The second kappa shape index (κ2) is 9.32. The van der Waals surface area contributed by atoms with Crippen molar-refractivity contribution in [2.75, 3.05) is 13.7 Å². The van der Waals surface area contributed by atoms with Crippen LogP contribution in [0.3, 0.4) is 0 Å². The summed E-state index contributed by atoms with van der Waals surface area (Å²) in [4.78, 5) is 40.5. The predicted molar refractivity (Wildman–Crippen MR) is 100 cm³/mol. The largest absolute Gasteiger partial charge is 0.467 e. The van der Waals surface area contributed by atoms with E-state index in [0.717, 1.165) is 0 Å². The summed E-state index contributed by atoms with van der Waals surface area (Å²) in [5.41, 5.74) is 0.758. The van der Waals surface area contributed by atoms with Crippen molar-refractivity contribution in [1.82, 2.24) is 10.3 Å². The Kier molecular flexibility index (Phi) is 7.12. The number of fused-ring (bicyclic) bond motifs is 1. The van der Waals surface area contributed by atoms with E-state index in [-0.39, 0.29) is 16.6 Å². The Labute approximate surface area is 162 Å². The molecule has 7 nitrogen and oxygen atoms in total. The fourth-order valence-corrected chi connectivity index (χ4v) is 2.73. The molecule has 2 aromatic rings. The fraction of sp³-hybridized carbons (Fsp3) is 0.368. The topological polar surface area (TPSA) is 94.6 Å². The van der Waals surface area contributed by atoms with E-state index in [1.54, 1.807) is 24.3 Å². The summed E-state index contributed by atoms with van der Waals surface area (Å²) < 4.78 is 9.80. The Bertz CT molecular complexity index is 855. The number of nitrogens with zero attached hydrogens (tertiary/aromatic N) is 1. The molecule has 1 heterocycles. The van der Waals surface area contributed by atoms with Crippen LogP contribution < -0.4 is 5.32 Å². The van der Waals surface area contributed by atoms with Gasteiger partial charge < -0.3 is 14.8 Å². The maximum absolute atomic E-state index is 12.4. The zero-order chi connectivity index (χ0) is 20.0. The molecular weight excluding hydrogens is 372 g/mol. The SMILES string of the molecule is CC[C@@H](C)[C@@H](NC(=O)COC(=O)c1cc(Cl)nc2ccccc12)C(=O)OC. The molecule has 1 amide bonds. The summed E-state index contributed by atoms with van der Waals surface area (Å²) in [5.74, 6) is -1.97. The van der Waals surface area contributed by atoms with Gasteiger partial charge in [-0.1, -0.05) is 50.1 Å². The summed E-state index contributed by atoms with van der Waals surface area (Å²) in [6.45, 7) is 3.18. The maximum atomic E-state index is 12.4. The van der Waals surface area contributed by atoms with Crippen molar-refractivity contribution in [3.8, 4) is 0 Å². The first-order valence-electron chi connectivity index (χ1n) is 8.47. The molecule has 0 fully saturated rings. The highest BCUT2D eigenvalue weighted by molar-refractivity contribution is 6.30. The van der Waals surface area contributed by atoms with Crippen molar-refractivity contribution in [3.05, 3.63) is 41.0 Å². The van der Waals surface area contributed by atoms with Crippen LogP contribution in [0.4, 0.5) is 0 Å². The number of pyridine rings is 1. The van der Waals surface area contributed by atoms with Crippen molar-refractivity contribution >= 4 is 40.3 Å². The van der Waals surface area contributed by atoms with Crippen molar-refractivity contribution in [1.29, 1.82) is 0 Å². The van der Waals surface area contributed by atoms with E-state index in [2.05, 4.69) is 10.3 Å². The molecule has 8 heteroatoms. The third kappa shape index (κ3) is 5.17. The number of carbonyl (C=O) groups is 3. The number of carbonyl (C=O) groups excluding carboxylic acids is 3. The van der Waals surface area contributed by atoms with E-state index in [0.29, 0.717) is 17.3 Å². The van der Waals surface area contributed by atoms with Crippen molar-refractivity contribution < 1.29 is 23.9 Å². The first kappa shape index (κ1) is 20.6. The minimum Gasteiger partial charge on any atom is -0.467 e. The molecular formula is C19H21ClN2O5. The molecule has 0 aliphatic rings. The van der Waals surface area contributed by atoms with E-state index in [9.17, 15) is 14.4 Å². The molecule has 0 saturated heterocycles. The Balaban J connectivity index is 2.07. The molecule has 0 radical (unpaired) electrons. The smallest absolute Gasteiger partial charge is 0.339 e. The third-order valence-corrected chi connectivity index (χ3v) is 4.42. The highest BCUT2D eigenvalue weighted by atomic mass is 35.5. The van der Waals surface area contributed by atoms with E-state index >= 15 is 0 Å². The number of para-hydroxylation sites is 1. The van der Waals surface area contributed by atoms with E-state index < -0.39 is 30.5 Å². The van der Waals surface area contributed by atoms with E-state index in [1.165, 1.54) is 13.2 Å². The van der Waals surface area contributed by atoms with Crippen LogP contribution in [0.1, 0.15) is 30.6 Å². The minimum atomic E-state index is -0.803. The highest BCUT2D eigenvalue weighted by Crippen LogP contribution is 2.21. The van der Waals surface area contributed by atoms with Crippen LogP contribution in [0, 0.1) is 5.92 Å². The lowest BCUT2D eigenvalue weighted by atomic mass is 9.99. The number of esters is 2. The molecule has 1 aromatic heterocycles. The van der Waals surface area contributed by atoms with Gasteiger partial charge in [-0.3, -0.25) is 4.79 Å². The molecule has 1 aromatic carbocycles. The number of amides is 1. The summed E-state index contributed by atoms with van der Waals surface area (Å²) in [6.07, 6.45) is 0.668. The van der Waals surface area contributed by atoms with Gasteiger partial charge in [0, 0.05) is 5.39 Å². The lowest BCUT2D eigenvalue weighted by Gasteiger charge is -2.21. The van der Waals surface area contributed by atoms with Gasteiger partial charge >= 0.3 is 11.9 Å². The number of benzene rings is 1. The summed E-state index contributed by atoms with van der Waals surface area (Å²) in [5, 5.41) is 3.26. The van der Waals surface area contributed by atoms with Crippen molar-refractivity contribution in [2.45, 2.75) is 26.3 Å². The van der Waals surface area contributed by atoms with Crippen LogP contribution in [0.15, 0.2) is 30.3 Å². The van der Waals surface area contributed by atoms with Gasteiger partial charge in [-0.05, 0) is 18.1 Å². The number of aromatic nitrogens is 1. The molecule has 2 atom stereocenters. The molecule has 2 rings (SSSR count). The van der Waals surface area contributed by atoms with Crippen LogP contribution in [0.25, 0.3) is 10.9 Å². The molecule has 0 unspecified atom stereocenters. The number of ether oxygens (including phenoxy) is 2. The molecule has 0 aliphatic heterocycles.